The Kier molecular flexibility index (Phi) is 4.34. The van der Waals surface area contributed by atoms with Gasteiger partial charge in [-0.05, 0) is 31.2 Å². The predicted octanol–water partition coefficient (Wildman–Crippen LogP) is 2.88. The van der Waals surface area contributed by atoms with Gasteiger partial charge in [0.05, 0.1) is 25.1 Å². The Labute approximate surface area is 123 Å². The largest absolute Gasteiger partial charge is 0.378 e. The number of aryl methyl sites for hydroxylation is 1. The highest BCUT2D eigenvalue weighted by Gasteiger charge is 2.19. The first-order valence-electron chi connectivity index (χ1n) is 7.29. The Morgan fingerprint density at radius 1 is 1.20 bits per heavy atom. The number of fused-ring (bicyclic) bond motifs is 1. The summed E-state index contributed by atoms with van der Waals surface area (Å²) in [4.78, 5) is 8.12. The summed E-state index contributed by atoms with van der Waals surface area (Å²) in [6, 6.07) is 2.37. The van der Waals surface area contributed by atoms with Gasteiger partial charge >= 0.3 is 0 Å². The van der Waals surface area contributed by atoms with Crippen LogP contribution >= 0.6 is 11.3 Å². The lowest BCUT2D eigenvalue weighted by Crippen LogP contribution is -2.34. The van der Waals surface area contributed by atoms with Crippen LogP contribution in [0.4, 0.5) is 5.00 Å². The summed E-state index contributed by atoms with van der Waals surface area (Å²) in [5.74, 6) is 0. The maximum absolute atomic E-state index is 9.44. The SMILES string of the molecule is N#Cc1c(/N=C/N2CCOCC2)sc2c1CCCCC2. The second-order valence-corrected chi connectivity index (χ2v) is 6.33. The number of ether oxygens (including phenoxy) is 1. The zero-order valence-corrected chi connectivity index (χ0v) is 12.4. The molecule has 1 aromatic rings. The molecule has 1 saturated heterocycles. The van der Waals surface area contributed by atoms with Gasteiger partial charge < -0.3 is 9.64 Å². The van der Waals surface area contributed by atoms with Crippen LogP contribution in [-0.4, -0.2) is 37.5 Å². The normalized spacial score (nSPS) is 19.6. The van der Waals surface area contributed by atoms with E-state index < -0.39 is 0 Å². The third kappa shape index (κ3) is 2.87. The summed E-state index contributed by atoms with van der Waals surface area (Å²) in [5, 5.41) is 10.3. The highest BCUT2D eigenvalue weighted by molar-refractivity contribution is 7.16. The van der Waals surface area contributed by atoms with Crippen LogP contribution in [0.3, 0.4) is 0 Å². The van der Waals surface area contributed by atoms with Crippen LogP contribution in [0.5, 0.6) is 0 Å². The molecule has 0 radical (unpaired) electrons. The summed E-state index contributed by atoms with van der Waals surface area (Å²) >= 11 is 1.71. The van der Waals surface area contributed by atoms with Gasteiger partial charge in [0.2, 0.25) is 0 Å². The molecule has 106 valence electrons. The summed E-state index contributed by atoms with van der Waals surface area (Å²) in [6.45, 7) is 3.29. The maximum atomic E-state index is 9.44. The van der Waals surface area contributed by atoms with Crippen molar-refractivity contribution in [1.82, 2.24) is 4.90 Å². The first-order valence-corrected chi connectivity index (χ1v) is 8.11. The molecule has 5 heteroatoms. The fourth-order valence-electron chi connectivity index (χ4n) is 2.76. The topological polar surface area (TPSA) is 48.6 Å². The van der Waals surface area contributed by atoms with Crippen LogP contribution in [0.15, 0.2) is 4.99 Å². The summed E-state index contributed by atoms with van der Waals surface area (Å²) in [6.07, 6.45) is 7.76. The molecule has 2 aliphatic rings. The van der Waals surface area contributed by atoms with E-state index in [-0.39, 0.29) is 0 Å². The fraction of sp³-hybridized carbons (Fsp3) is 0.600. The van der Waals surface area contributed by atoms with Crippen molar-refractivity contribution in [1.29, 1.82) is 5.26 Å². The van der Waals surface area contributed by atoms with Crippen molar-refractivity contribution in [2.45, 2.75) is 32.1 Å². The number of hydrogen-bond donors (Lipinski definition) is 0. The maximum Gasteiger partial charge on any atom is 0.136 e. The zero-order valence-electron chi connectivity index (χ0n) is 11.6. The van der Waals surface area contributed by atoms with Gasteiger partial charge in [-0.1, -0.05) is 6.42 Å². The van der Waals surface area contributed by atoms with E-state index >= 15 is 0 Å². The molecule has 0 spiro atoms. The van der Waals surface area contributed by atoms with E-state index in [9.17, 15) is 5.26 Å². The van der Waals surface area contributed by atoms with Gasteiger partial charge in [0.1, 0.15) is 11.1 Å². The van der Waals surface area contributed by atoms with Crippen molar-refractivity contribution in [2.75, 3.05) is 26.3 Å². The zero-order chi connectivity index (χ0) is 13.8. The number of thiophene rings is 1. The van der Waals surface area contributed by atoms with Gasteiger partial charge in [-0.2, -0.15) is 5.26 Å². The highest BCUT2D eigenvalue weighted by atomic mass is 32.1. The van der Waals surface area contributed by atoms with Crippen molar-refractivity contribution in [3.05, 3.63) is 16.0 Å². The third-order valence-electron chi connectivity index (χ3n) is 3.90. The smallest absolute Gasteiger partial charge is 0.136 e. The minimum absolute atomic E-state index is 0.762. The summed E-state index contributed by atoms with van der Waals surface area (Å²) < 4.78 is 5.32. The number of aliphatic imine (C=N–C) groups is 1. The molecular weight excluding hydrogens is 270 g/mol. The number of nitrogens with zero attached hydrogens (tertiary/aromatic N) is 3. The summed E-state index contributed by atoms with van der Waals surface area (Å²) in [5.41, 5.74) is 2.08. The monoisotopic (exact) mass is 289 g/mol. The average molecular weight is 289 g/mol. The van der Waals surface area contributed by atoms with Gasteiger partial charge in [-0.15, -0.1) is 11.3 Å². The number of rotatable bonds is 2. The van der Waals surface area contributed by atoms with Gasteiger partial charge in [0.15, 0.2) is 0 Å². The van der Waals surface area contributed by atoms with Crippen LogP contribution in [-0.2, 0) is 17.6 Å². The van der Waals surface area contributed by atoms with Crippen molar-refractivity contribution in [2.24, 2.45) is 4.99 Å². The van der Waals surface area contributed by atoms with Gasteiger partial charge in [0, 0.05) is 18.0 Å². The molecule has 1 fully saturated rings. The predicted molar refractivity (Wildman–Crippen MR) is 80.8 cm³/mol. The minimum Gasteiger partial charge on any atom is -0.378 e. The lowest BCUT2D eigenvalue weighted by atomic mass is 10.1. The Hall–Kier alpha value is -1.38. The Balaban J connectivity index is 1.82. The van der Waals surface area contributed by atoms with E-state index in [2.05, 4.69) is 16.0 Å². The Bertz CT molecular complexity index is 538. The number of morpholine rings is 1. The second-order valence-electron chi connectivity index (χ2n) is 5.25. The molecule has 0 bridgehead atoms. The molecule has 1 aliphatic heterocycles. The van der Waals surface area contributed by atoms with Crippen LogP contribution in [0.25, 0.3) is 0 Å². The molecule has 0 atom stereocenters. The summed E-state index contributed by atoms with van der Waals surface area (Å²) in [7, 11) is 0. The molecule has 20 heavy (non-hydrogen) atoms. The van der Waals surface area contributed by atoms with Gasteiger partial charge in [0.25, 0.3) is 0 Å². The molecule has 1 aliphatic carbocycles. The first kappa shape index (κ1) is 13.6. The molecular formula is C15H19N3OS. The van der Waals surface area contributed by atoms with Crippen molar-refractivity contribution >= 4 is 22.7 Å². The number of hydrogen-bond acceptors (Lipinski definition) is 4. The molecule has 0 aromatic carbocycles. The van der Waals surface area contributed by atoms with Crippen LogP contribution in [0.2, 0.25) is 0 Å². The first-order chi connectivity index (χ1) is 9.88. The lowest BCUT2D eigenvalue weighted by Gasteiger charge is -2.23. The molecule has 0 N–H and O–H groups in total. The van der Waals surface area contributed by atoms with Crippen LogP contribution in [0.1, 0.15) is 35.3 Å². The average Bonchev–Trinajstić information content (AvgIpc) is 2.66. The second kappa shape index (κ2) is 6.38. The van der Waals surface area contributed by atoms with Crippen LogP contribution < -0.4 is 0 Å². The van der Waals surface area contributed by atoms with Crippen molar-refractivity contribution in [3.63, 3.8) is 0 Å². The minimum atomic E-state index is 0.762. The lowest BCUT2D eigenvalue weighted by molar-refractivity contribution is 0.0701. The van der Waals surface area contributed by atoms with Gasteiger partial charge in [-0.25, -0.2) is 4.99 Å². The van der Waals surface area contributed by atoms with Crippen molar-refractivity contribution < 1.29 is 4.74 Å². The standard InChI is InChI=1S/C15H19N3OS/c16-10-13-12-4-2-1-3-5-14(12)20-15(13)17-11-18-6-8-19-9-7-18/h11H,1-9H2/b17-11+. The van der Waals surface area contributed by atoms with E-state index in [0.717, 1.165) is 49.7 Å². The molecule has 0 saturated carbocycles. The molecule has 1 aromatic heterocycles. The van der Waals surface area contributed by atoms with E-state index in [0.29, 0.717) is 0 Å². The van der Waals surface area contributed by atoms with Crippen molar-refractivity contribution in [3.8, 4) is 6.07 Å². The van der Waals surface area contributed by atoms with E-state index in [1.54, 1.807) is 11.3 Å². The molecule has 2 heterocycles. The molecule has 3 rings (SSSR count). The molecule has 0 amide bonds. The third-order valence-corrected chi connectivity index (χ3v) is 5.10. The quantitative estimate of drug-likeness (QED) is 0.478. The Morgan fingerprint density at radius 2 is 2.00 bits per heavy atom. The molecule has 0 unspecified atom stereocenters. The van der Waals surface area contributed by atoms with Gasteiger partial charge in [-0.3, -0.25) is 0 Å². The van der Waals surface area contributed by atoms with E-state index in [4.69, 9.17) is 4.74 Å². The van der Waals surface area contributed by atoms with E-state index in [1.807, 2.05) is 6.34 Å². The Morgan fingerprint density at radius 3 is 2.80 bits per heavy atom. The highest BCUT2D eigenvalue weighted by Crippen LogP contribution is 2.38. The molecule has 4 nitrogen and oxygen atoms in total. The fourth-order valence-corrected chi connectivity index (χ4v) is 3.94. The van der Waals surface area contributed by atoms with Crippen LogP contribution in [0, 0.1) is 11.3 Å². The van der Waals surface area contributed by atoms with E-state index in [1.165, 1.54) is 29.7 Å². The number of nitriles is 1.